The summed E-state index contributed by atoms with van der Waals surface area (Å²) in [4.78, 5) is 10.1. The highest BCUT2D eigenvalue weighted by molar-refractivity contribution is 7.71. The maximum absolute atomic E-state index is 10.1. The van der Waals surface area contributed by atoms with E-state index in [4.69, 9.17) is 5.11 Å². The van der Waals surface area contributed by atoms with Gasteiger partial charge >= 0.3 is 5.97 Å². The van der Waals surface area contributed by atoms with Gasteiger partial charge in [0.25, 0.3) is 0 Å². The number of hydrogen-bond acceptors (Lipinski definition) is 3. The highest BCUT2D eigenvalue weighted by Crippen LogP contribution is 1.95. The minimum Gasteiger partial charge on any atom is -0.476 e. The second kappa shape index (κ2) is 2.02. The van der Waals surface area contributed by atoms with Gasteiger partial charge in [-0.25, -0.2) is 9.95 Å². The maximum atomic E-state index is 10.1. The van der Waals surface area contributed by atoms with Crippen LogP contribution in [0.1, 0.15) is 10.5 Å². The molecule has 0 spiro atoms. The predicted octanol–water partition coefficient (Wildman–Crippen LogP) is 1.04. The first-order chi connectivity index (χ1) is 4.20. The molecule has 1 aromatic rings. The van der Waals surface area contributed by atoms with Crippen LogP contribution in [0.25, 0.3) is 0 Å². The van der Waals surface area contributed by atoms with Crippen LogP contribution in [0.5, 0.6) is 0 Å². The van der Waals surface area contributed by atoms with Crippen LogP contribution in [-0.4, -0.2) is 16.2 Å². The van der Waals surface area contributed by atoms with Gasteiger partial charge in [0, 0.05) is 6.07 Å². The smallest absolute Gasteiger partial charge is 0.355 e. The van der Waals surface area contributed by atoms with E-state index < -0.39 is 5.97 Å². The van der Waals surface area contributed by atoms with Crippen molar-refractivity contribution in [3.05, 3.63) is 16.5 Å². The van der Waals surface area contributed by atoms with Gasteiger partial charge in [-0.05, 0) is 12.2 Å². The Morgan fingerprint density at radius 3 is 2.78 bits per heavy atom. The van der Waals surface area contributed by atoms with E-state index >= 15 is 0 Å². The summed E-state index contributed by atoms with van der Waals surface area (Å²) in [7, 11) is 0. The van der Waals surface area contributed by atoms with Gasteiger partial charge in [0.05, 0.1) is 0 Å². The zero-order valence-electron chi connectivity index (χ0n) is 4.25. The Hall–Kier alpha value is -1.10. The summed E-state index contributed by atoms with van der Waals surface area (Å²) in [6.07, 6.45) is 0. The summed E-state index contributed by atoms with van der Waals surface area (Å²) in [5.41, 5.74) is -0.0278. The van der Waals surface area contributed by atoms with Gasteiger partial charge in [-0.3, -0.25) is 0 Å². The molecular weight excluding hydrogens is 142 g/mol. The summed E-state index contributed by atoms with van der Waals surface area (Å²) in [6, 6.07) is 1.23. The fourth-order valence-electron chi connectivity index (χ4n) is 0.387. The topological polar surface area (TPSA) is 66.2 Å². The lowest BCUT2D eigenvalue weighted by Gasteiger charge is -1.78. The number of H-pyrrole nitrogens is 1. The molecule has 0 bridgehead atoms. The van der Waals surface area contributed by atoms with Crippen molar-refractivity contribution in [3.8, 4) is 0 Å². The molecule has 0 aliphatic heterocycles. The van der Waals surface area contributed by atoms with Crippen molar-refractivity contribution in [1.82, 2.24) is 5.16 Å². The Kier molecular flexibility index (Phi) is 1.35. The molecule has 1 heterocycles. The zero-order chi connectivity index (χ0) is 6.85. The van der Waals surface area contributed by atoms with Crippen molar-refractivity contribution in [2.75, 3.05) is 0 Å². The Bertz CT molecular complexity index is 273. The summed E-state index contributed by atoms with van der Waals surface area (Å²) in [5, 5.41) is 10.4. The number of aromatic amines is 1. The lowest BCUT2D eigenvalue weighted by molar-refractivity contribution is 0.0685. The molecule has 1 rings (SSSR count). The van der Waals surface area contributed by atoms with E-state index in [0.29, 0.717) is 0 Å². The van der Waals surface area contributed by atoms with Crippen LogP contribution in [0.3, 0.4) is 0 Å². The molecular formula is C4H3NO3S. The number of carbonyl (C=O) groups is 1. The number of rotatable bonds is 1. The molecule has 0 aromatic carbocycles. The molecule has 0 fully saturated rings. The molecule has 2 N–H and O–H groups in total. The highest BCUT2D eigenvalue weighted by Gasteiger charge is 2.02. The molecule has 0 unspecified atom stereocenters. The maximum Gasteiger partial charge on any atom is 0.355 e. The summed E-state index contributed by atoms with van der Waals surface area (Å²) in [6.45, 7) is 0. The quantitative estimate of drug-likeness (QED) is 0.579. The normalized spacial score (nSPS) is 9.33. The van der Waals surface area contributed by atoms with Crippen LogP contribution < -0.4 is 0 Å². The van der Waals surface area contributed by atoms with Crippen LogP contribution in [0.2, 0.25) is 0 Å². The third kappa shape index (κ3) is 1.17. The third-order valence-corrected chi connectivity index (χ3v) is 0.955. The number of nitrogens with one attached hydrogen (secondary N) is 1. The molecule has 0 saturated heterocycles. The molecule has 5 heteroatoms. The Morgan fingerprint density at radius 1 is 1.89 bits per heavy atom. The lowest BCUT2D eigenvalue weighted by Crippen LogP contribution is -1.94. The highest BCUT2D eigenvalue weighted by atomic mass is 32.1. The Balaban J connectivity index is 3.12. The summed E-state index contributed by atoms with van der Waals surface area (Å²) >= 11 is 4.49. The molecule has 0 radical (unpaired) electrons. The number of aromatic carboxylic acids is 1. The molecule has 48 valence electrons. The molecule has 0 atom stereocenters. The van der Waals surface area contributed by atoms with Gasteiger partial charge in [-0.1, -0.05) is 0 Å². The van der Waals surface area contributed by atoms with Gasteiger partial charge in [-0.2, -0.15) is 0 Å². The minimum atomic E-state index is -1.07. The average Bonchev–Trinajstić information content (AvgIpc) is 2.14. The fourth-order valence-corrected chi connectivity index (χ4v) is 0.547. The predicted molar refractivity (Wildman–Crippen MR) is 30.9 cm³/mol. The first-order valence-electron chi connectivity index (χ1n) is 2.12. The SMILES string of the molecule is O=C(O)c1cc(=S)o[nH]1. The summed E-state index contributed by atoms with van der Waals surface area (Å²) < 4.78 is 4.58. The van der Waals surface area contributed by atoms with E-state index in [-0.39, 0.29) is 10.4 Å². The van der Waals surface area contributed by atoms with Gasteiger partial charge in [0.1, 0.15) is 0 Å². The van der Waals surface area contributed by atoms with Crippen LogP contribution in [0.4, 0.5) is 0 Å². The first-order valence-corrected chi connectivity index (χ1v) is 2.53. The standard InChI is InChI=1S/C4H3NO3S/c6-4(7)2-1-3(9)8-5-2/h1,5H,(H,6,7). The van der Waals surface area contributed by atoms with E-state index in [1.165, 1.54) is 6.07 Å². The number of carboxylic acids is 1. The van der Waals surface area contributed by atoms with E-state index in [1.807, 2.05) is 0 Å². The van der Waals surface area contributed by atoms with Crippen molar-refractivity contribution < 1.29 is 14.4 Å². The first kappa shape index (κ1) is 6.03. The largest absolute Gasteiger partial charge is 0.476 e. The zero-order valence-corrected chi connectivity index (χ0v) is 5.07. The van der Waals surface area contributed by atoms with E-state index in [2.05, 4.69) is 21.9 Å². The van der Waals surface area contributed by atoms with Crippen molar-refractivity contribution in [2.24, 2.45) is 0 Å². The second-order valence-corrected chi connectivity index (χ2v) is 1.79. The van der Waals surface area contributed by atoms with Gasteiger partial charge in [-0.15, -0.1) is 0 Å². The lowest BCUT2D eigenvalue weighted by atomic mass is 10.5. The molecule has 0 aliphatic rings. The molecule has 0 amide bonds. The number of carboxylic acid groups (broad SMARTS) is 1. The van der Waals surface area contributed by atoms with Crippen molar-refractivity contribution in [1.29, 1.82) is 0 Å². The van der Waals surface area contributed by atoms with Crippen molar-refractivity contribution in [3.63, 3.8) is 0 Å². The Morgan fingerprint density at radius 2 is 2.56 bits per heavy atom. The number of hydrogen-bond donors (Lipinski definition) is 2. The van der Waals surface area contributed by atoms with Gasteiger partial charge < -0.3 is 9.63 Å². The van der Waals surface area contributed by atoms with E-state index in [1.54, 1.807) is 0 Å². The molecule has 0 saturated carbocycles. The van der Waals surface area contributed by atoms with Gasteiger partial charge in [0.2, 0.25) is 4.71 Å². The molecule has 9 heavy (non-hydrogen) atoms. The van der Waals surface area contributed by atoms with Crippen LogP contribution in [0, 0.1) is 4.71 Å². The van der Waals surface area contributed by atoms with Crippen molar-refractivity contribution in [2.45, 2.75) is 0 Å². The minimum absolute atomic E-state index is 0.0278. The van der Waals surface area contributed by atoms with E-state index in [0.717, 1.165) is 0 Å². The summed E-state index contributed by atoms with van der Waals surface area (Å²) in [5.74, 6) is -1.07. The monoisotopic (exact) mass is 145 g/mol. The van der Waals surface area contributed by atoms with E-state index in [9.17, 15) is 4.79 Å². The van der Waals surface area contributed by atoms with Crippen LogP contribution in [0.15, 0.2) is 10.6 Å². The third-order valence-electron chi connectivity index (χ3n) is 0.754. The van der Waals surface area contributed by atoms with Gasteiger partial charge in [0.15, 0.2) is 5.69 Å². The van der Waals surface area contributed by atoms with Crippen molar-refractivity contribution >= 4 is 18.2 Å². The average molecular weight is 145 g/mol. The fraction of sp³-hybridized carbons (Fsp3) is 0. The van der Waals surface area contributed by atoms with Crippen LogP contribution in [-0.2, 0) is 0 Å². The number of aromatic nitrogens is 1. The molecule has 4 nitrogen and oxygen atoms in total. The van der Waals surface area contributed by atoms with Crippen LogP contribution >= 0.6 is 12.2 Å². The Labute approximate surface area is 55.1 Å². The molecule has 0 aliphatic carbocycles. The second-order valence-electron chi connectivity index (χ2n) is 1.39. The molecule has 1 aromatic heterocycles.